The van der Waals surface area contributed by atoms with E-state index in [-0.39, 0.29) is 5.41 Å². The summed E-state index contributed by atoms with van der Waals surface area (Å²) in [7, 11) is 0. The van der Waals surface area contributed by atoms with Crippen LogP contribution >= 0.6 is 47.8 Å². The van der Waals surface area contributed by atoms with Crippen molar-refractivity contribution < 1.29 is 0 Å². The summed E-state index contributed by atoms with van der Waals surface area (Å²) in [5.74, 6) is 0. The summed E-state index contributed by atoms with van der Waals surface area (Å²) in [6, 6.07) is 17.1. The molecule has 0 aliphatic heterocycles. The fourth-order valence-electron chi connectivity index (χ4n) is 2.54. The predicted octanol–water partition coefficient (Wildman–Crippen LogP) is 6.03. The molecule has 0 heterocycles. The molecule has 0 spiro atoms. The molecule has 0 atom stereocenters. The van der Waals surface area contributed by atoms with Gasteiger partial charge < -0.3 is 0 Å². The molecule has 0 aliphatic carbocycles. The van der Waals surface area contributed by atoms with Crippen LogP contribution in [0.2, 0.25) is 0 Å². The molecule has 2 aromatic rings. The zero-order valence-electron chi connectivity index (χ0n) is 11.4. The lowest BCUT2D eigenvalue weighted by Gasteiger charge is -2.32. The molecule has 106 valence electrons. The summed E-state index contributed by atoms with van der Waals surface area (Å²) in [6.45, 7) is 2.19. The average Bonchev–Trinajstić information content (AvgIpc) is 2.48. The van der Waals surface area contributed by atoms with Gasteiger partial charge in [-0.2, -0.15) is 0 Å². The summed E-state index contributed by atoms with van der Waals surface area (Å²) < 4.78 is 1.18. The van der Waals surface area contributed by atoms with Crippen LogP contribution in [0.4, 0.5) is 0 Å². The third kappa shape index (κ3) is 3.37. The first-order chi connectivity index (χ1) is 9.63. The van der Waals surface area contributed by atoms with E-state index in [0.717, 1.165) is 17.1 Å². The Labute approximate surface area is 146 Å². The summed E-state index contributed by atoms with van der Waals surface area (Å²) in [6.07, 6.45) is 0.996. The second kappa shape index (κ2) is 7.24. The smallest absolute Gasteiger partial charge is 0.0207 e. The number of hydrogen-bond donors (Lipinski definition) is 0. The molecule has 0 N–H and O–H groups in total. The number of aryl methyl sites for hydroxylation is 1. The van der Waals surface area contributed by atoms with Crippen LogP contribution in [-0.2, 0) is 11.8 Å². The summed E-state index contributed by atoms with van der Waals surface area (Å²) in [4.78, 5) is 0. The van der Waals surface area contributed by atoms with Crippen LogP contribution in [-0.4, -0.2) is 10.7 Å². The van der Waals surface area contributed by atoms with E-state index >= 15 is 0 Å². The minimum absolute atomic E-state index is 0.0647. The molecule has 0 saturated carbocycles. The van der Waals surface area contributed by atoms with Crippen molar-refractivity contribution in [2.45, 2.75) is 18.8 Å². The molecule has 0 fully saturated rings. The SMILES string of the molecule is Cc1ccccc1C(CBr)(CBr)Cc1ccccc1Br. The first-order valence-electron chi connectivity index (χ1n) is 6.54. The van der Waals surface area contributed by atoms with E-state index in [1.807, 2.05) is 0 Å². The van der Waals surface area contributed by atoms with Crippen LogP contribution in [0.15, 0.2) is 53.0 Å². The van der Waals surface area contributed by atoms with Crippen LogP contribution in [0.5, 0.6) is 0 Å². The van der Waals surface area contributed by atoms with Crippen LogP contribution < -0.4 is 0 Å². The molecule has 0 radical (unpaired) electrons. The van der Waals surface area contributed by atoms with E-state index in [1.54, 1.807) is 0 Å². The minimum atomic E-state index is 0.0647. The van der Waals surface area contributed by atoms with E-state index in [1.165, 1.54) is 21.2 Å². The van der Waals surface area contributed by atoms with Gasteiger partial charge in [-0.25, -0.2) is 0 Å². The Balaban J connectivity index is 2.46. The molecule has 20 heavy (non-hydrogen) atoms. The third-order valence-electron chi connectivity index (χ3n) is 3.71. The van der Waals surface area contributed by atoms with E-state index in [4.69, 9.17) is 0 Å². The predicted molar refractivity (Wildman–Crippen MR) is 98.3 cm³/mol. The molecule has 0 aliphatic rings. The van der Waals surface area contributed by atoms with Crippen LogP contribution in [0.1, 0.15) is 16.7 Å². The quantitative estimate of drug-likeness (QED) is 0.478. The van der Waals surface area contributed by atoms with Crippen molar-refractivity contribution in [3.05, 3.63) is 69.7 Å². The van der Waals surface area contributed by atoms with Crippen molar-refractivity contribution in [2.24, 2.45) is 0 Å². The second-order valence-electron chi connectivity index (χ2n) is 5.13. The highest BCUT2D eigenvalue weighted by atomic mass is 79.9. The van der Waals surface area contributed by atoms with Gasteiger partial charge in [0.1, 0.15) is 0 Å². The molecular weight excluding hydrogens is 444 g/mol. The maximum atomic E-state index is 3.74. The Morgan fingerprint density at radius 3 is 2.10 bits per heavy atom. The first kappa shape index (κ1) is 16.3. The molecule has 0 saturated heterocycles. The van der Waals surface area contributed by atoms with Crippen molar-refractivity contribution in [2.75, 3.05) is 10.7 Å². The fraction of sp³-hybridized carbons (Fsp3) is 0.294. The molecule has 0 bridgehead atoms. The van der Waals surface area contributed by atoms with Gasteiger partial charge in [-0.3, -0.25) is 0 Å². The summed E-state index contributed by atoms with van der Waals surface area (Å²) in [5, 5.41) is 1.86. The topological polar surface area (TPSA) is 0 Å². The van der Waals surface area contributed by atoms with Crippen molar-refractivity contribution >= 4 is 47.8 Å². The van der Waals surface area contributed by atoms with Crippen molar-refractivity contribution in [3.63, 3.8) is 0 Å². The summed E-state index contributed by atoms with van der Waals surface area (Å²) >= 11 is 11.1. The van der Waals surface area contributed by atoms with Crippen molar-refractivity contribution in [3.8, 4) is 0 Å². The van der Waals surface area contributed by atoms with Gasteiger partial charge in [0, 0.05) is 20.5 Å². The number of hydrogen-bond acceptors (Lipinski definition) is 0. The zero-order chi connectivity index (χ0) is 14.6. The molecule has 3 heteroatoms. The highest BCUT2D eigenvalue weighted by Gasteiger charge is 2.32. The van der Waals surface area contributed by atoms with Gasteiger partial charge >= 0.3 is 0 Å². The maximum Gasteiger partial charge on any atom is 0.0207 e. The largest absolute Gasteiger partial charge is 0.0918 e. The van der Waals surface area contributed by atoms with E-state index < -0.39 is 0 Å². The van der Waals surface area contributed by atoms with Crippen LogP contribution in [0.25, 0.3) is 0 Å². The standard InChI is InChI=1S/C17H17Br3/c1-13-6-2-4-8-15(13)17(11-18,12-19)10-14-7-3-5-9-16(14)20/h2-9H,10-12H2,1H3. The number of rotatable bonds is 5. The lowest BCUT2D eigenvalue weighted by molar-refractivity contribution is 0.546. The fourth-order valence-corrected chi connectivity index (χ4v) is 4.90. The minimum Gasteiger partial charge on any atom is -0.0918 e. The summed E-state index contributed by atoms with van der Waals surface area (Å²) in [5.41, 5.74) is 4.16. The third-order valence-corrected chi connectivity index (χ3v) is 6.64. The molecule has 0 unspecified atom stereocenters. The van der Waals surface area contributed by atoms with Gasteiger partial charge in [-0.05, 0) is 36.1 Å². The average molecular weight is 461 g/mol. The van der Waals surface area contributed by atoms with Gasteiger partial charge in [0.2, 0.25) is 0 Å². The molecule has 2 rings (SSSR count). The van der Waals surface area contributed by atoms with Crippen LogP contribution in [0.3, 0.4) is 0 Å². The lowest BCUT2D eigenvalue weighted by Crippen LogP contribution is -2.34. The Kier molecular flexibility index (Phi) is 5.88. The number of benzene rings is 2. The maximum absolute atomic E-state index is 3.74. The number of alkyl halides is 2. The molecule has 0 aromatic heterocycles. The van der Waals surface area contributed by atoms with E-state index in [9.17, 15) is 0 Å². The monoisotopic (exact) mass is 458 g/mol. The van der Waals surface area contributed by atoms with Gasteiger partial charge in [-0.15, -0.1) is 0 Å². The van der Waals surface area contributed by atoms with E-state index in [0.29, 0.717) is 0 Å². The highest BCUT2D eigenvalue weighted by Crippen LogP contribution is 2.36. The lowest BCUT2D eigenvalue weighted by atomic mass is 9.77. The first-order valence-corrected chi connectivity index (χ1v) is 9.58. The Hall–Kier alpha value is -0.120. The van der Waals surface area contributed by atoms with Gasteiger partial charge in [0.15, 0.2) is 0 Å². The molecular formula is C17H17Br3. The molecule has 0 nitrogen and oxygen atoms in total. The van der Waals surface area contributed by atoms with Gasteiger partial charge in [0.05, 0.1) is 0 Å². The highest BCUT2D eigenvalue weighted by molar-refractivity contribution is 9.10. The van der Waals surface area contributed by atoms with Gasteiger partial charge in [-0.1, -0.05) is 90.3 Å². The number of halogens is 3. The Morgan fingerprint density at radius 1 is 0.900 bits per heavy atom. The molecule has 2 aromatic carbocycles. The second-order valence-corrected chi connectivity index (χ2v) is 7.11. The van der Waals surface area contributed by atoms with Crippen LogP contribution in [0, 0.1) is 6.92 Å². The Bertz CT molecular complexity index is 574. The van der Waals surface area contributed by atoms with Crippen molar-refractivity contribution in [1.29, 1.82) is 0 Å². The van der Waals surface area contributed by atoms with Gasteiger partial charge in [0.25, 0.3) is 0 Å². The van der Waals surface area contributed by atoms with E-state index in [2.05, 4.69) is 103 Å². The normalized spacial score (nSPS) is 11.6. The Morgan fingerprint density at radius 2 is 1.50 bits per heavy atom. The van der Waals surface area contributed by atoms with Crippen molar-refractivity contribution in [1.82, 2.24) is 0 Å². The molecule has 0 amide bonds. The zero-order valence-corrected chi connectivity index (χ0v) is 16.1.